The van der Waals surface area contributed by atoms with E-state index >= 15 is 0 Å². The quantitative estimate of drug-likeness (QED) is 0.402. The van der Waals surface area contributed by atoms with Crippen molar-refractivity contribution < 1.29 is 14.5 Å². The molecule has 0 atom stereocenters. The molecule has 0 saturated carbocycles. The Morgan fingerprint density at radius 3 is 2.62 bits per heavy atom. The second-order valence-electron chi connectivity index (χ2n) is 6.66. The molecule has 0 radical (unpaired) electrons. The van der Waals surface area contributed by atoms with Crippen molar-refractivity contribution in [3.05, 3.63) is 63.7 Å². The van der Waals surface area contributed by atoms with E-state index in [2.05, 4.69) is 5.32 Å². The van der Waals surface area contributed by atoms with E-state index in [4.69, 9.17) is 16.3 Å². The average Bonchev–Trinajstić information content (AvgIpc) is 2.72. The van der Waals surface area contributed by atoms with E-state index < -0.39 is 0 Å². The number of amides is 1. The number of rotatable bonds is 8. The van der Waals surface area contributed by atoms with Crippen LogP contribution >= 0.6 is 11.6 Å². The zero-order valence-electron chi connectivity index (χ0n) is 15.9. The summed E-state index contributed by atoms with van der Waals surface area (Å²) in [5, 5.41) is 14.6. The van der Waals surface area contributed by atoms with Crippen LogP contribution in [0.5, 0.6) is 5.75 Å². The molecule has 0 aliphatic carbocycles. The minimum Gasteiger partial charge on any atom is -0.492 e. The molecular formula is C20H23ClN4O4. The maximum Gasteiger partial charge on any atom is 0.292 e. The van der Waals surface area contributed by atoms with E-state index in [1.165, 1.54) is 6.07 Å². The minimum atomic E-state index is -0.360. The number of carbonyl (C=O) groups excluding carboxylic acids is 1. The van der Waals surface area contributed by atoms with Crippen molar-refractivity contribution in [2.75, 3.05) is 50.8 Å². The van der Waals surface area contributed by atoms with Crippen LogP contribution < -0.4 is 15.0 Å². The van der Waals surface area contributed by atoms with Gasteiger partial charge in [0.05, 0.1) is 18.0 Å². The van der Waals surface area contributed by atoms with Crippen LogP contribution in [0.2, 0.25) is 5.02 Å². The van der Waals surface area contributed by atoms with Gasteiger partial charge in [-0.05, 0) is 24.3 Å². The summed E-state index contributed by atoms with van der Waals surface area (Å²) in [5.74, 6) is 0.594. The highest BCUT2D eigenvalue weighted by molar-refractivity contribution is 6.30. The van der Waals surface area contributed by atoms with E-state index in [9.17, 15) is 14.9 Å². The van der Waals surface area contributed by atoms with Crippen LogP contribution in [-0.2, 0) is 4.79 Å². The van der Waals surface area contributed by atoms with Crippen molar-refractivity contribution >= 4 is 28.9 Å². The first-order valence-corrected chi connectivity index (χ1v) is 9.76. The number of nitro benzene ring substituents is 1. The highest BCUT2D eigenvalue weighted by Gasteiger charge is 2.24. The Kier molecular flexibility index (Phi) is 7.26. The molecule has 0 unspecified atom stereocenters. The van der Waals surface area contributed by atoms with E-state index in [0.29, 0.717) is 62.3 Å². The molecule has 9 heteroatoms. The number of benzene rings is 2. The summed E-state index contributed by atoms with van der Waals surface area (Å²) >= 11 is 5.90. The fourth-order valence-corrected chi connectivity index (χ4v) is 3.39. The van der Waals surface area contributed by atoms with Crippen LogP contribution in [0.3, 0.4) is 0 Å². The summed E-state index contributed by atoms with van der Waals surface area (Å²) in [6, 6.07) is 13.9. The van der Waals surface area contributed by atoms with E-state index in [1.54, 1.807) is 36.4 Å². The molecule has 1 aliphatic rings. The number of piperazine rings is 1. The lowest BCUT2D eigenvalue weighted by Gasteiger charge is -2.35. The molecule has 0 aromatic heterocycles. The highest BCUT2D eigenvalue weighted by atomic mass is 35.5. The summed E-state index contributed by atoms with van der Waals surface area (Å²) < 4.78 is 5.55. The number of hydrogen-bond acceptors (Lipinski definition) is 6. The zero-order valence-corrected chi connectivity index (χ0v) is 16.7. The van der Waals surface area contributed by atoms with E-state index in [0.717, 1.165) is 0 Å². The zero-order chi connectivity index (χ0) is 20.6. The van der Waals surface area contributed by atoms with Crippen molar-refractivity contribution in [1.82, 2.24) is 10.2 Å². The largest absolute Gasteiger partial charge is 0.492 e. The van der Waals surface area contributed by atoms with Crippen molar-refractivity contribution in [3.63, 3.8) is 0 Å². The monoisotopic (exact) mass is 418 g/mol. The molecule has 3 rings (SSSR count). The molecule has 0 spiro atoms. The van der Waals surface area contributed by atoms with Crippen LogP contribution in [0.4, 0.5) is 11.4 Å². The molecule has 1 saturated heterocycles. The summed E-state index contributed by atoms with van der Waals surface area (Å²) in [5.41, 5.74) is 0.734. The number of carbonyl (C=O) groups is 1. The third-order valence-corrected chi connectivity index (χ3v) is 4.88. The molecule has 154 valence electrons. The van der Waals surface area contributed by atoms with Crippen LogP contribution in [0.25, 0.3) is 0 Å². The van der Waals surface area contributed by atoms with Crippen LogP contribution in [0.1, 0.15) is 0 Å². The number of hydrogen-bond donors (Lipinski definition) is 1. The Morgan fingerprint density at radius 2 is 1.90 bits per heavy atom. The first kappa shape index (κ1) is 20.9. The number of ether oxygens (including phenoxy) is 1. The Morgan fingerprint density at radius 1 is 1.14 bits per heavy atom. The van der Waals surface area contributed by atoms with Gasteiger partial charge in [-0.1, -0.05) is 29.8 Å². The standard InChI is InChI=1S/C20H23ClN4O4/c21-16-4-3-5-17(14-16)29-13-8-22-20(26)15-23-9-11-24(12-10-23)18-6-1-2-7-19(18)25(27)28/h1-7,14H,8-13,15H2,(H,22,26). The normalized spacial score (nSPS) is 14.4. The van der Waals surface area contributed by atoms with Gasteiger partial charge in [-0.3, -0.25) is 19.8 Å². The van der Waals surface area contributed by atoms with Gasteiger partial charge >= 0.3 is 0 Å². The Labute approximate surface area is 174 Å². The van der Waals surface area contributed by atoms with E-state index in [1.807, 2.05) is 15.9 Å². The summed E-state index contributed by atoms with van der Waals surface area (Å²) in [6.07, 6.45) is 0. The molecule has 1 fully saturated rings. The lowest BCUT2D eigenvalue weighted by Crippen LogP contribution is -2.49. The maximum atomic E-state index is 12.1. The van der Waals surface area contributed by atoms with Gasteiger partial charge in [0.2, 0.25) is 5.91 Å². The van der Waals surface area contributed by atoms with Gasteiger partial charge in [0.25, 0.3) is 5.69 Å². The first-order valence-electron chi connectivity index (χ1n) is 9.39. The summed E-state index contributed by atoms with van der Waals surface area (Å²) in [7, 11) is 0. The number of para-hydroxylation sites is 2. The molecule has 1 heterocycles. The molecule has 1 amide bonds. The topological polar surface area (TPSA) is 88.0 Å². The fourth-order valence-electron chi connectivity index (χ4n) is 3.21. The Bertz CT molecular complexity index is 856. The highest BCUT2D eigenvalue weighted by Crippen LogP contribution is 2.28. The number of nitrogens with zero attached hydrogens (tertiary/aromatic N) is 3. The maximum absolute atomic E-state index is 12.1. The van der Waals surface area contributed by atoms with Crippen LogP contribution in [0, 0.1) is 10.1 Å². The van der Waals surface area contributed by atoms with E-state index in [-0.39, 0.29) is 16.5 Å². The van der Waals surface area contributed by atoms with Gasteiger partial charge in [0.15, 0.2) is 0 Å². The molecule has 0 bridgehead atoms. The SMILES string of the molecule is O=C(CN1CCN(c2ccccc2[N+](=O)[O-])CC1)NCCOc1cccc(Cl)c1. The van der Waals surface area contributed by atoms with Crippen LogP contribution in [0.15, 0.2) is 48.5 Å². The second-order valence-corrected chi connectivity index (χ2v) is 7.10. The molecule has 1 aliphatic heterocycles. The van der Waals surface area contributed by atoms with Crippen molar-refractivity contribution in [1.29, 1.82) is 0 Å². The van der Waals surface area contributed by atoms with Gasteiger partial charge < -0.3 is 15.0 Å². The predicted octanol–water partition coefficient (Wildman–Crippen LogP) is 2.57. The Hall–Kier alpha value is -2.84. The molecule has 29 heavy (non-hydrogen) atoms. The molecule has 1 N–H and O–H groups in total. The third kappa shape index (κ3) is 6.07. The molecule has 8 nitrogen and oxygen atoms in total. The van der Waals surface area contributed by atoms with Gasteiger partial charge in [-0.25, -0.2) is 0 Å². The molecule has 2 aromatic carbocycles. The number of anilines is 1. The van der Waals surface area contributed by atoms with Gasteiger partial charge in [0, 0.05) is 37.3 Å². The number of nitro groups is 1. The minimum absolute atomic E-state index is 0.0705. The van der Waals surface area contributed by atoms with Crippen LogP contribution in [-0.4, -0.2) is 61.6 Å². The lowest BCUT2D eigenvalue weighted by atomic mass is 10.2. The second kappa shape index (κ2) is 10.1. The van der Waals surface area contributed by atoms with Crippen molar-refractivity contribution in [2.45, 2.75) is 0 Å². The summed E-state index contributed by atoms with van der Waals surface area (Å²) in [6.45, 7) is 3.66. The Balaban J connectivity index is 1.38. The predicted molar refractivity (Wildman–Crippen MR) is 112 cm³/mol. The number of halogens is 1. The van der Waals surface area contributed by atoms with Gasteiger partial charge in [-0.2, -0.15) is 0 Å². The van der Waals surface area contributed by atoms with Crippen molar-refractivity contribution in [3.8, 4) is 5.75 Å². The molecule has 2 aromatic rings. The van der Waals surface area contributed by atoms with Gasteiger partial charge in [0.1, 0.15) is 18.0 Å². The smallest absolute Gasteiger partial charge is 0.292 e. The first-order chi connectivity index (χ1) is 14.0. The average molecular weight is 419 g/mol. The summed E-state index contributed by atoms with van der Waals surface area (Å²) in [4.78, 5) is 27.0. The lowest BCUT2D eigenvalue weighted by molar-refractivity contribution is -0.384. The van der Waals surface area contributed by atoms with Gasteiger partial charge in [-0.15, -0.1) is 0 Å². The number of nitrogens with one attached hydrogen (secondary N) is 1. The van der Waals surface area contributed by atoms with Crippen molar-refractivity contribution in [2.24, 2.45) is 0 Å². The molecular weight excluding hydrogens is 396 g/mol. The fraction of sp³-hybridized carbons (Fsp3) is 0.350. The third-order valence-electron chi connectivity index (χ3n) is 4.65.